The minimum Gasteiger partial charge on any atom is -0.480 e. The Bertz CT molecular complexity index is 687. The Hall–Kier alpha value is -2.43. The monoisotopic (exact) mass is 270 g/mol. The molecule has 0 unspecified atom stereocenters. The van der Waals surface area contributed by atoms with Crippen LogP contribution in [-0.2, 0) is 9.59 Å². The maximum absolute atomic E-state index is 12.3. The quantitative estimate of drug-likeness (QED) is 0.839. The molecule has 0 atom stereocenters. The van der Waals surface area contributed by atoms with E-state index in [0.29, 0.717) is 18.5 Å². The molecule has 5 heteroatoms. The predicted octanol–water partition coefficient (Wildman–Crippen LogP) is 2.43. The summed E-state index contributed by atoms with van der Waals surface area (Å²) in [5, 5.41) is 13.8. The molecule has 3 rings (SSSR count). The van der Waals surface area contributed by atoms with E-state index in [-0.39, 0.29) is 0 Å². The van der Waals surface area contributed by atoms with Crippen LogP contribution in [0.1, 0.15) is 19.3 Å². The summed E-state index contributed by atoms with van der Waals surface area (Å²) < 4.78 is 0. The molecule has 1 aliphatic rings. The van der Waals surface area contributed by atoms with E-state index in [0.717, 1.165) is 17.2 Å². The summed E-state index contributed by atoms with van der Waals surface area (Å²) in [6.07, 6.45) is 4.92. The van der Waals surface area contributed by atoms with Crippen molar-refractivity contribution >= 4 is 28.3 Å². The first kappa shape index (κ1) is 12.6. The van der Waals surface area contributed by atoms with Crippen LogP contribution in [0.4, 0.5) is 5.69 Å². The lowest BCUT2D eigenvalue weighted by atomic mass is 9.68. The lowest BCUT2D eigenvalue weighted by Gasteiger charge is -2.35. The number of aromatic nitrogens is 1. The summed E-state index contributed by atoms with van der Waals surface area (Å²) in [6, 6.07) is 7.35. The van der Waals surface area contributed by atoms with Crippen LogP contribution in [0.25, 0.3) is 10.8 Å². The number of carboxylic acid groups (broad SMARTS) is 1. The lowest BCUT2D eigenvalue weighted by molar-refractivity contribution is -0.159. The molecule has 1 fully saturated rings. The highest BCUT2D eigenvalue weighted by Crippen LogP contribution is 2.42. The normalized spacial score (nSPS) is 16.4. The van der Waals surface area contributed by atoms with Crippen LogP contribution in [0.2, 0.25) is 0 Å². The molecule has 1 aliphatic carbocycles. The number of nitrogens with one attached hydrogen (secondary N) is 1. The van der Waals surface area contributed by atoms with Gasteiger partial charge in [-0.1, -0.05) is 18.6 Å². The predicted molar refractivity (Wildman–Crippen MR) is 74.3 cm³/mol. The van der Waals surface area contributed by atoms with E-state index < -0.39 is 17.3 Å². The maximum atomic E-state index is 12.3. The van der Waals surface area contributed by atoms with Crippen LogP contribution in [0, 0.1) is 5.41 Å². The van der Waals surface area contributed by atoms with Gasteiger partial charge in [0.1, 0.15) is 5.41 Å². The van der Waals surface area contributed by atoms with Gasteiger partial charge in [-0.2, -0.15) is 0 Å². The van der Waals surface area contributed by atoms with Gasteiger partial charge in [-0.3, -0.25) is 14.6 Å². The summed E-state index contributed by atoms with van der Waals surface area (Å²) in [4.78, 5) is 27.7. The van der Waals surface area contributed by atoms with Crippen LogP contribution in [0.3, 0.4) is 0 Å². The molecule has 1 amide bonds. The fraction of sp³-hybridized carbons (Fsp3) is 0.267. The molecular formula is C15H14N2O3. The van der Waals surface area contributed by atoms with E-state index in [9.17, 15) is 14.7 Å². The van der Waals surface area contributed by atoms with Crippen molar-refractivity contribution < 1.29 is 14.7 Å². The number of amides is 1. The number of carbonyl (C=O) groups excluding carboxylic acids is 1. The first-order valence-corrected chi connectivity index (χ1v) is 6.51. The second-order valence-electron chi connectivity index (χ2n) is 5.10. The fourth-order valence-electron chi connectivity index (χ4n) is 2.53. The highest BCUT2D eigenvalue weighted by Gasteiger charge is 2.51. The van der Waals surface area contributed by atoms with Crippen molar-refractivity contribution in [2.45, 2.75) is 19.3 Å². The van der Waals surface area contributed by atoms with Crippen molar-refractivity contribution in [3.05, 3.63) is 36.7 Å². The standard InChI is InChI=1S/C15H14N2O3/c18-13(15(14(19)20)6-2-7-15)17-12-4-1-3-10-5-8-16-9-11(10)12/h1,3-5,8-9H,2,6-7H2,(H,17,18)(H,19,20). The first-order chi connectivity index (χ1) is 9.63. The van der Waals surface area contributed by atoms with Crippen LogP contribution in [0.15, 0.2) is 36.7 Å². The average Bonchev–Trinajstić information content (AvgIpc) is 2.37. The van der Waals surface area contributed by atoms with E-state index in [4.69, 9.17) is 0 Å². The second-order valence-corrected chi connectivity index (χ2v) is 5.10. The molecule has 0 bridgehead atoms. The van der Waals surface area contributed by atoms with E-state index in [1.165, 1.54) is 0 Å². The highest BCUT2D eigenvalue weighted by molar-refractivity contribution is 6.11. The number of aliphatic carboxylic acids is 1. The average molecular weight is 270 g/mol. The molecule has 20 heavy (non-hydrogen) atoms. The van der Waals surface area contributed by atoms with Crippen molar-refractivity contribution in [2.24, 2.45) is 5.41 Å². The number of carboxylic acids is 1. The fourth-order valence-corrected chi connectivity index (χ4v) is 2.53. The zero-order chi connectivity index (χ0) is 14.2. The zero-order valence-electron chi connectivity index (χ0n) is 10.8. The molecule has 1 heterocycles. The molecule has 1 aromatic carbocycles. The maximum Gasteiger partial charge on any atom is 0.319 e. The van der Waals surface area contributed by atoms with Gasteiger partial charge in [0.15, 0.2) is 0 Å². The number of nitrogens with zero attached hydrogens (tertiary/aromatic N) is 1. The number of hydrogen-bond acceptors (Lipinski definition) is 3. The molecule has 0 spiro atoms. The van der Waals surface area contributed by atoms with Crippen molar-refractivity contribution in [1.29, 1.82) is 0 Å². The Morgan fingerprint density at radius 2 is 2.05 bits per heavy atom. The van der Waals surface area contributed by atoms with E-state index in [1.54, 1.807) is 18.5 Å². The van der Waals surface area contributed by atoms with Crippen molar-refractivity contribution in [1.82, 2.24) is 4.98 Å². The smallest absolute Gasteiger partial charge is 0.319 e. The van der Waals surface area contributed by atoms with Gasteiger partial charge in [-0.15, -0.1) is 0 Å². The SMILES string of the molecule is O=C(O)C1(C(=O)Nc2cccc3ccncc23)CCC1. The molecule has 0 radical (unpaired) electrons. The third kappa shape index (κ3) is 1.82. The molecule has 2 aromatic rings. The summed E-state index contributed by atoms with van der Waals surface area (Å²) >= 11 is 0. The van der Waals surface area contributed by atoms with Crippen molar-refractivity contribution in [3.8, 4) is 0 Å². The lowest BCUT2D eigenvalue weighted by Crippen LogP contribution is -2.48. The third-order valence-electron chi connectivity index (χ3n) is 3.98. The van der Waals surface area contributed by atoms with Crippen LogP contribution in [0.5, 0.6) is 0 Å². The Kier molecular flexibility index (Phi) is 2.89. The van der Waals surface area contributed by atoms with E-state index in [2.05, 4.69) is 10.3 Å². The number of rotatable bonds is 3. The number of carbonyl (C=O) groups is 2. The largest absolute Gasteiger partial charge is 0.480 e. The molecule has 1 aromatic heterocycles. The molecule has 2 N–H and O–H groups in total. The van der Waals surface area contributed by atoms with Gasteiger partial charge in [-0.05, 0) is 30.4 Å². The van der Waals surface area contributed by atoms with Gasteiger partial charge >= 0.3 is 5.97 Å². The van der Waals surface area contributed by atoms with Gasteiger partial charge in [-0.25, -0.2) is 0 Å². The van der Waals surface area contributed by atoms with Gasteiger partial charge in [0.05, 0.1) is 5.69 Å². The summed E-state index contributed by atoms with van der Waals surface area (Å²) in [5.74, 6) is -1.48. The summed E-state index contributed by atoms with van der Waals surface area (Å²) in [5.41, 5.74) is -0.655. The Balaban J connectivity index is 1.94. The molecule has 0 aliphatic heterocycles. The first-order valence-electron chi connectivity index (χ1n) is 6.51. The minimum absolute atomic E-state index is 0.400. The summed E-state index contributed by atoms with van der Waals surface area (Å²) in [6.45, 7) is 0. The topological polar surface area (TPSA) is 79.3 Å². The van der Waals surface area contributed by atoms with Gasteiger partial charge in [0.2, 0.25) is 5.91 Å². The van der Waals surface area contributed by atoms with E-state index in [1.807, 2.05) is 18.2 Å². The van der Waals surface area contributed by atoms with Gasteiger partial charge in [0.25, 0.3) is 0 Å². The number of benzene rings is 1. The highest BCUT2D eigenvalue weighted by atomic mass is 16.4. The second kappa shape index (κ2) is 4.59. The molecular weight excluding hydrogens is 256 g/mol. The molecule has 102 valence electrons. The Morgan fingerprint density at radius 3 is 2.70 bits per heavy atom. The van der Waals surface area contributed by atoms with Crippen LogP contribution < -0.4 is 5.32 Å². The van der Waals surface area contributed by atoms with Crippen LogP contribution in [-0.4, -0.2) is 22.0 Å². The number of hydrogen-bond donors (Lipinski definition) is 2. The number of anilines is 1. The third-order valence-corrected chi connectivity index (χ3v) is 3.98. The van der Waals surface area contributed by atoms with Crippen molar-refractivity contribution in [2.75, 3.05) is 5.32 Å². The van der Waals surface area contributed by atoms with Crippen LogP contribution >= 0.6 is 0 Å². The number of fused-ring (bicyclic) bond motifs is 1. The minimum atomic E-state index is -1.26. The molecule has 5 nitrogen and oxygen atoms in total. The van der Waals surface area contributed by atoms with Gasteiger partial charge in [0, 0.05) is 17.8 Å². The van der Waals surface area contributed by atoms with Gasteiger partial charge < -0.3 is 10.4 Å². The Labute approximate surface area is 115 Å². The van der Waals surface area contributed by atoms with E-state index >= 15 is 0 Å². The Morgan fingerprint density at radius 1 is 1.25 bits per heavy atom. The zero-order valence-corrected chi connectivity index (χ0v) is 10.8. The van der Waals surface area contributed by atoms with Crippen molar-refractivity contribution in [3.63, 3.8) is 0 Å². The molecule has 0 saturated heterocycles. The number of pyridine rings is 1. The molecule has 1 saturated carbocycles. The summed E-state index contributed by atoms with van der Waals surface area (Å²) in [7, 11) is 0.